The van der Waals surface area contributed by atoms with Crippen LogP contribution in [0.15, 0.2) is 0 Å². The van der Waals surface area contributed by atoms with Gasteiger partial charge in [0.15, 0.2) is 0 Å². The molecular weight excluding hydrogens is 180 g/mol. The Labute approximate surface area is 87.7 Å². The van der Waals surface area contributed by atoms with Crippen LogP contribution in [0.5, 0.6) is 0 Å². The van der Waals surface area contributed by atoms with E-state index in [1.807, 2.05) is 0 Å². The Morgan fingerprint density at radius 3 is 2.69 bits per heavy atom. The number of hydrogen-bond donors (Lipinski definition) is 1. The second-order valence-electron chi connectivity index (χ2n) is 3.93. The summed E-state index contributed by atoms with van der Waals surface area (Å²) in [7, 11) is 2.22. The zero-order chi connectivity index (χ0) is 9.52. The van der Waals surface area contributed by atoms with Crippen LogP contribution in [0.2, 0.25) is 0 Å². The second kappa shape index (κ2) is 6.68. The van der Waals surface area contributed by atoms with Crippen molar-refractivity contribution in [2.24, 2.45) is 0 Å². The fourth-order valence-corrected chi connectivity index (χ4v) is 1.99. The monoisotopic (exact) mass is 202 g/mol. The van der Waals surface area contributed by atoms with Gasteiger partial charge in [-0.25, -0.2) is 0 Å². The highest BCUT2D eigenvalue weighted by molar-refractivity contribution is 7.80. The highest BCUT2D eigenvalue weighted by atomic mass is 32.1. The lowest BCUT2D eigenvalue weighted by atomic mass is 10.3. The molecule has 0 atom stereocenters. The minimum Gasteiger partial charge on any atom is -0.305 e. The third-order valence-electron chi connectivity index (χ3n) is 2.69. The topological polar surface area (TPSA) is 6.48 Å². The van der Waals surface area contributed by atoms with Crippen LogP contribution in [0.4, 0.5) is 0 Å². The Morgan fingerprint density at radius 2 is 1.92 bits per heavy atom. The van der Waals surface area contributed by atoms with E-state index in [1.165, 1.54) is 52.0 Å². The average Bonchev–Trinajstić information content (AvgIpc) is 2.32. The van der Waals surface area contributed by atoms with E-state index in [0.29, 0.717) is 0 Å². The Hall–Kier alpha value is 0.270. The van der Waals surface area contributed by atoms with E-state index in [4.69, 9.17) is 0 Å². The molecule has 1 aliphatic heterocycles. The van der Waals surface area contributed by atoms with E-state index in [-0.39, 0.29) is 0 Å². The van der Waals surface area contributed by atoms with Gasteiger partial charge in [0.05, 0.1) is 0 Å². The molecule has 1 saturated heterocycles. The molecule has 0 unspecified atom stereocenters. The molecule has 0 bridgehead atoms. The summed E-state index contributed by atoms with van der Waals surface area (Å²) in [5.41, 5.74) is 0. The molecule has 0 N–H and O–H groups in total. The number of rotatable bonds is 4. The molecule has 13 heavy (non-hydrogen) atoms. The molecule has 3 heteroatoms. The molecule has 0 spiro atoms. The van der Waals surface area contributed by atoms with Crippen molar-refractivity contribution in [3.05, 3.63) is 0 Å². The molecule has 0 aromatic rings. The van der Waals surface area contributed by atoms with Crippen LogP contribution < -0.4 is 0 Å². The summed E-state index contributed by atoms with van der Waals surface area (Å²) in [6.07, 6.45) is 3.90. The van der Waals surface area contributed by atoms with Gasteiger partial charge in [-0.2, -0.15) is 12.6 Å². The molecule has 1 heterocycles. The highest BCUT2D eigenvalue weighted by Gasteiger charge is 2.10. The van der Waals surface area contributed by atoms with Gasteiger partial charge in [-0.15, -0.1) is 0 Å². The van der Waals surface area contributed by atoms with Crippen LogP contribution in [0.1, 0.15) is 19.3 Å². The molecule has 2 nitrogen and oxygen atoms in total. The van der Waals surface area contributed by atoms with Gasteiger partial charge in [-0.05, 0) is 51.7 Å². The Morgan fingerprint density at radius 1 is 1.08 bits per heavy atom. The lowest BCUT2D eigenvalue weighted by Gasteiger charge is -2.19. The summed E-state index contributed by atoms with van der Waals surface area (Å²) in [6, 6.07) is 0. The van der Waals surface area contributed by atoms with Crippen molar-refractivity contribution in [1.82, 2.24) is 9.80 Å². The third kappa shape index (κ3) is 4.89. The molecule has 78 valence electrons. The zero-order valence-corrected chi connectivity index (χ0v) is 9.60. The van der Waals surface area contributed by atoms with Crippen LogP contribution >= 0.6 is 12.6 Å². The minimum atomic E-state index is 1.04. The maximum absolute atomic E-state index is 4.23. The lowest BCUT2D eigenvalue weighted by Crippen LogP contribution is -2.29. The van der Waals surface area contributed by atoms with E-state index < -0.39 is 0 Å². The van der Waals surface area contributed by atoms with E-state index in [1.54, 1.807) is 0 Å². The van der Waals surface area contributed by atoms with Crippen molar-refractivity contribution in [2.45, 2.75) is 19.3 Å². The normalized spacial score (nSPS) is 21.7. The maximum Gasteiger partial charge on any atom is 0.0109 e. The van der Waals surface area contributed by atoms with Crippen LogP contribution in [-0.2, 0) is 0 Å². The van der Waals surface area contributed by atoms with Gasteiger partial charge in [-0.1, -0.05) is 0 Å². The van der Waals surface area contributed by atoms with E-state index >= 15 is 0 Å². The van der Waals surface area contributed by atoms with Crippen molar-refractivity contribution >= 4 is 12.6 Å². The van der Waals surface area contributed by atoms with Crippen LogP contribution in [0, 0.1) is 0 Å². The van der Waals surface area contributed by atoms with Crippen molar-refractivity contribution in [3.8, 4) is 0 Å². The first-order chi connectivity index (χ1) is 6.33. The Balaban J connectivity index is 2.11. The van der Waals surface area contributed by atoms with Crippen molar-refractivity contribution in [2.75, 3.05) is 45.5 Å². The largest absolute Gasteiger partial charge is 0.305 e. The van der Waals surface area contributed by atoms with Crippen molar-refractivity contribution in [3.63, 3.8) is 0 Å². The van der Waals surface area contributed by atoms with E-state index in [9.17, 15) is 0 Å². The SMILES string of the molecule is CN1CCCN(CCCCS)CC1. The third-order valence-corrected chi connectivity index (χ3v) is 3.01. The fraction of sp³-hybridized carbons (Fsp3) is 1.00. The van der Waals surface area contributed by atoms with Gasteiger partial charge >= 0.3 is 0 Å². The average molecular weight is 202 g/mol. The standard InChI is InChI=1S/C10H22N2S/c1-11-5-4-7-12(9-8-11)6-2-3-10-13/h13H,2-10H2,1H3. The second-order valence-corrected chi connectivity index (χ2v) is 4.38. The summed E-state index contributed by atoms with van der Waals surface area (Å²) in [4.78, 5) is 5.02. The summed E-state index contributed by atoms with van der Waals surface area (Å²) in [5.74, 6) is 1.04. The number of nitrogens with zero attached hydrogens (tertiary/aromatic N) is 2. The molecule has 0 saturated carbocycles. The smallest absolute Gasteiger partial charge is 0.0109 e. The van der Waals surface area contributed by atoms with Gasteiger partial charge in [-0.3, -0.25) is 0 Å². The summed E-state index contributed by atoms with van der Waals surface area (Å²) in [5, 5.41) is 0. The van der Waals surface area contributed by atoms with Crippen LogP contribution in [-0.4, -0.2) is 55.3 Å². The van der Waals surface area contributed by atoms with Gasteiger partial charge in [0.1, 0.15) is 0 Å². The quantitative estimate of drug-likeness (QED) is 0.543. The first kappa shape index (κ1) is 11.3. The Bertz CT molecular complexity index is 130. The predicted molar refractivity (Wildman–Crippen MR) is 61.6 cm³/mol. The van der Waals surface area contributed by atoms with Gasteiger partial charge in [0.2, 0.25) is 0 Å². The first-order valence-electron chi connectivity index (χ1n) is 5.34. The Kier molecular flexibility index (Phi) is 5.83. The molecule has 0 aliphatic carbocycles. The minimum absolute atomic E-state index is 1.04. The number of thiol groups is 1. The zero-order valence-electron chi connectivity index (χ0n) is 8.71. The fourth-order valence-electron chi connectivity index (χ4n) is 1.77. The summed E-state index contributed by atoms with van der Waals surface area (Å²) >= 11 is 4.23. The van der Waals surface area contributed by atoms with E-state index in [2.05, 4.69) is 29.5 Å². The lowest BCUT2D eigenvalue weighted by molar-refractivity contribution is 0.273. The summed E-state index contributed by atoms with van der Waals surface area (Å²) < 4.78 is 0. The molecule has 0 radical (unpaired) electrons. The van der Waals surface area contributed by atoms with E-state index in [0.717, 1.165) is 5.75 Å². The number of hydrogen-bond acceptors (Lipinski definition) is 3. The molecule has 0 aromatic heterocycles. The molecule has 1 fully saturated rings. The van der Waals surface area contributed by atoms with Crippen molar-refractivity contribution in [1.29, 1.82) is 0 Å². The maximum atomic E-state index is 4.23. The van der Waals surface area contributed by atoms with Gasteiger partial charge < -0.3 is 9.80 Å². The van der Waals surface area contributed by atoms with Crippen LogP contribution in [0.3, 0.4) is 0 Å². The van der Waals surface area contributed by atoms with Gasteiger partial charge in [0.25, 0.3) is 0 Å². The van der Waals surface area contributed by atoms with Crippen LogP contribution in [0.25, 0.3) is 0 Å². The molecule has 1 rings (SSSR count). The molecular formula is C10H22N2S. The molecule has 1 aliphatic rings. The number of unbranched alkanes of at least 4 members (excludes halogenated alkanes) is 1. The number of likely N-dealkylation sites (N-methyl/N-ethyl adjacent to an activating group) is 1. The molecule has 0 amide bonds. The van der Waals surface area contributed by atoms with Gasteiger partial charge in [0, 0.05) is 13.1 Å². The summed E-state index contributed by atoms with van der Waals surface area (Å²) in [6.45, 7) is 6.32. The van der Waals surface area contributed by atoms with Crippen molar-refractivity contribution < 1.29 is 0 Å². The first-order valence-corrected chi connectivity index (χ1v) is 5.98. The predicted octanol–water partition coefficient (Wildman–Crippen LogP) is 1.33. The highest BCUT2D eigenvalue weighted by Crippen LogP contribution is 2.03. The molecule has 0 aromatic carbocycles.